The van der Waals surface area contributed by atoms with Crippen LogP contribution in [0.15, 0.2) is 0 Å². The predicted molar refractivity (Wildman–Crippen MR) is 80.5 cm³/mol. The average molecular weight is 268 g/mol. The van der Waals surface area contributed by atoms with Crippen molar-refractivity contribution in [2.45, 2.75) is 77.0 Å². The summed E-state index contributed by atoms with van der Waals surface area (Å²) in [4.78, 5) is 0. The number of hydrogen-bond donors (Lipinski definition) is 2. The van der Waals surface area contributed by atoms with Crippen LogP contribution in [-0.2, 0) is 4.74 Å². The Balaban J connectivity index is 1.81. The molecule has 4 unspecified atom stereocenters. The molecule has 0 aromatic heterocycles. The monoisotopic (exact) mass is 268 g/mol. The van der Waals surface area contributed by atoms with E-state index in [9.17, 15) is 0 Å². The van der Waals surface area contributed by atoms with Gasteiger partial charge in [0.15, 0.2) is 0 Å². The van der Waals surface area contributed by atoms with Crippen LogP contribution in [0.25, 0.3) is 0 Å². The molecule has 2 rings (SSSR count). The van der Waals surface area contributed by atoms with Gasteiger partial charge in [-0.3, -0.25) is 0 Å². The van der Waals surface area contributed by atoms with Gasteiger partial charge in [0.2, 0.25) is 0 Å². The zero-order valence-electron chi connectivity index (χ0n) is 12.8. The van der Waals surface area contributed by atoms with Crippen molar-refractivity contribution in [3.05, 3.63) is 0 Å². The highest BCUT2D eigenvalue weighted by molar-refractivity contribution is 4.90. The van der Waals surface area contributed by atoms with Gasteiger partial charge in [-0.1, -0.05) is 19.3 Å². The van der Waals surface area contributed by atoms with Gasteiger partial charge in [-0.25, -0.2) is 0 Å². The van der Waals surface area contributed by atoms with Gasteiger partial charge < -0.3 is 15.4 Å². The third-order valence-electron chi connectivity index (χ3n) is 4.80. The van der Waals surface area contributed by atoms with Gasteiger partial charge in [0.1, 0.15) is 0 Å². The summed E-state index contributed by atoms with van der Waals surface area (Å²) < 4.78 is 5.64. The Labute approximate surface area is 118 Å². The van der Waals surface area contributed by atoms with Gasteiger partial charge in [0, 0.05) is 25.2 Å². The molecule has 4 atom stereocenters. The Hall–Kier alpha value is -0.120. The van der Waals surface area contributed by atoms with Gasteiger partial charge in [0.25, 0.3) is 0 Å². The maximum absolute atomic E-state index is 5.64. The topological polar surface area (TPSA) is 33.3 Å². The highest BCUT2D eigenvalue weighted by atomic mass is 16.5. The second-order valence-electron chi connectivity index (χ2n) is 6.29. The van der Waals surface area contributed by atoms with Crippen LogP contribution in [0.1, 0.15) is 58.8 Å². The number of rotatable bonds is 6. The molecule has 2 N–H and O–H groups in total. The molecule has 1 saturated carbocycles. The van der Waals surface area contributed by atoms with E-state index in [1.807, 2.05) is 0 Å². The molecule has 0 radical (unpaired) electrons. The average Bonchev–Trinajstić information content (AvgIpc) is 2.47. The van der Waals surface area contributed by atoms with Crippen molar-refractivity contribution < 1.29 is 4.74 Å². The first-order valence-electron chi connectivity index (χ1n) is 8.39. The van der Waals surface area contributed by atoms with Crippen LogP contribution in [0.5, 0.6) is 0 Å². The SMILES string of the molecule is CCOC(C)CNC1CCCCC1C1CCCCN1. The summed E-state index contributed by atoms with van der Waals surface area (Å²) in [6.07, 6.45) is 10.1. The molecule has 112 valence electrons. The fourth-order valence-corrected chi connectivity index (χ4v) is 3.80. The van der Waals surface area contributed by atoms with E-state index in [0.717, 1.165) is 25.1 Å². The molecule has 2 fully saturated rings. The molecular weight excluding hydrogens is 236 g/mol. The predicted octanol–water partition coefficient (Wildman–Crippen LogP) is 2.70. The number of piperidine rings is 1. The minimum absolute atomic E-state index is 0.340. The molecule has 19 heavy (non-hydrogen) atoms. The Morgan fingerprint density at radius 2 is 1.95 bits per heavy atom. The van der Waals surface area contributed by atoms with Crippen molar-refractivity contribution in [2.24, 2.45) is 5.92 Å². The highest BCUT2D eigenvalue weighted by Crippen LogP contribution is 2.30. The van der Waals surface area contributed by atoms with Crippen LogP contribution < -0.4 is 10.6 Å². The fourth-order valence-electron chi connectivity index (χ4n) is 3.80. The lowest BCUT2D eigenvalue weighted by Crippen LogP contribution is -2.51. The van der Waals surface area contributed by atoms with E-state index >= 15 is 0 Å². The minimum atomic E-state index is 0.340. The van der Waals surface area contributed by atoms with Crippen molar-refractivity contribution in [2.75, 3.05) is 19.7 Å². The molecular formula is C16H32N2O. The molecule has 1 saturated heterocycles. The quantitative estimate of drug-likeness (QED) is 0.777. The van der Waals surface area contributed by atoms with E-state index in [1.165, 1.54) is 51.5 Å². The second-order valence-corrected chi connectivity index (χ2v) is 6.29. The standard InChI is InChI=1S/C16H32N2O/c1-3-19-13(2)12-18-16-9-5-4-8-14(16)15-10-6-7-11-17-15/h13-18H,3-12H2,1-2H3. The Morgan fingerprint density at radius 3 is 2.68 bits per heavy atom. The lowest BCUT2D eigenvalue weighted by molar-refractivity contribution is 0.0675. The lowest BCUT2D eigenvalue weighted by Gasteiger charge is -2.40. The molecule has 1 aliphatic carbocycles. The Bertz CT molecular complexity index is 241. The normalized spacial score (nSPS) is 34.1. The summed E-state index contributed by atoms with van der Waals surface area (Å²) >= 11 is 0. The van der Waals surface area contributed by atoms with E-state index in [-0.39, 0.29) is 0 Å². The molecule has 0 amide bonds. The molecule has 1 aliphatic heterocycles. The van der Waals surface area contributed by atoms with Crippen LogP contribution in [0.3, 0.4) is 0 Å². The minimum Gasteiger partial charge on any atom is -0.377 e. The second kappa shape index (κ2) is 8.23. The molecule has 0 bridgehead atoms. The lowest BCUT2D eigenvalue weighted by atomic mass is 9.77. The fraction of sp³-hybridized carbons (Fsp3) is 1.00. The first-order chi connectivity index (χ1) is 9.31. The Kier molecular flexibility index (Phi) is 6.62. The molecule has 0 spiro atoms. The van der Waals surface area contributed by atoms with Gasteiger partial charge in [0.05, 0.1) is 6.10 Å². The summed E-state index contributed by atoms with van der Waals surface area (Å²) in [6, 6.07) is 1.46. The van der Waals surface area contributed by atoms with Crippen LogP contribution in [0.2, 0.25) is 0 Å². The number of nitrogens with one attached hydrogen (secondary N) is 2. The summed E-state index contributed by atoms with van der Waals surface area (Å²) in [7, 11) is 0. The molecule has 3 nitrogen and oxygen atoms in total. The summed E-state index contributed by atoms with van der Waals surface area (Å²) in [5, 5.41) is 7.55. The van der Waals surface area contributed by atoms with Crippen molar-refractivity contribution in [1.29, 1.82) is 0 Å². The van der Waals surface area contributed by atoms with Crippen LogP contribution in [-0.4, -0.2) is 37.9 Å². The third-order valence-corrected chi connectivity index (χ3v) is 4.80. The van der Waals surface area contributed by atoms with E-state index in [2.05, 4.69) is 24.5 Å². The van der Waals surface area contributed by atoms with E-state index < -0.39 is 0 Å². The maximum atomic E-state index is 5.64. The van der Waals surface area contributed by atoms with Crippen molar-refractivity contribution >= 4 is 0 Å². The zero-order chi connectivity index (χ0) is 13.5. The molecule has 2 aliphatic rings. The first kappa shape index (κ1) is 15.3. The van der Waals surface area contributed by atoms with E-state index in [0.29, 0.717) is 12.1 Å². The van der Waals surface area contributed by atoms with Crippen molar-refractivity contribution in [3.63, 3.8) is 0 Å². The molecule has 0 aromatic rings. The van der Waals surface area contributed by atoms with E-state index in [1.54, 1.807) is 0 Å². The maximum Gasteiger partial charge on any atom is 0.0671 e. The van der Waals surface area contributed by atoms with Crippen LogP contribution >= 0.6 is 0 Å². The Morgan fingerprint density at radius 1 is 1.16 bits per heavy atom. The third kappa shape index (κ3) is 4.73. The van der Waals surface area contributed by atoms with Crippen LogP contribution in [0, 0.1) is 5.92 Å². The summed E-state index contributed by atoms with van der Waals surface area (Å²) in [6.45, 7) is 7.30. The van der Waals surface area contributed by atoms with Gasteiger partial charge in [-0.2, -0.15) is 0 Å². The molecule has 0 aromatic carbocycles. The van der Waals surface area contributed by atoms with Gasteiger partial charge in [-0.15, -0.1) is 0 Å². The summed E-state index contributed by atoms with van der Waals surface area (Å²) in [5.41, 5.74) is 0. The van der Waals surface area contributed by atoms with Crippen molar-refractivity contribution in [3.8, 4) is 0 Å². The highest BCUT2D eigenvalue weighted by Gasteiger charge is 2.32. The van der Waals surface area contributed by atoms with Gasteiger partial charge in [-0.05, 0) is 52.0 Å². The van der Waals surface area contributed by atoms with Gasteiger partial charge >= 0.3 is 0 Å². The molecule has 1 heterocycles. The zero-order valence-corrected chi connectivity index (χ0v) is 12.8. The number of ether oxygens (including phenoxy) is 1. The van der Waals surface area contributed by atoms with Crippen molar-refractivity contribution in [1.82, 2.24) is 10.6 Å². The largest absolute Gasteiger partial charge is 0.377 e. The first-order valence-corrected chi connectivity index (χ1v) is 8.39. The smallest absolute Gasteiger partial charge is 0.0671 e. The van der Waals surface area contributed by atoms with E-state index in [4.69, 9.17) is 4.74 Å². The summed E-state index contributed by atoms with van der Waals surface area (Å²) in [5.74, 6) is 0.836. The van der Waals surface area contributed by atoms with Crippen LogP contribution in [0.4, 0.5) is 0 Å². The molecule has 3 heteroatoms. The number of hydrogen-bond acceptors (Lipinski definition) is 3.